The number of ether oxygens (including phenoxy) is 2. The number of aliphatic hydroxyl groups excluding tert-OH is 1. The van der Waals surface area contributed by atoms with Crippen molar-refractivity contribution >= 4 is 21.6 Å². The zero-order chi connectivity index (χ0) is 14.8. The smallest absolute Gasteiger partial charge is 0.0992 e. The summed E-state index contributed by atoms with van der Waals surface area (Å²) in [6.45, 7) is 4.24. The highest BCUT2D eigenvalue weighted by atomic mass is 79.9. The largest absolute Gasteiger partial charge is 0.389 e. The van der Waals surface area contributed by atoms with E-state index < -0.39 is 6.10 Å². The second-order valence-corrected chi connectivity index (χ2v) is 4.97. The average molecular weight is 343 g/mol. The molecule has 6 heteroatoms. The van der Waals surface area contributed by atoms with E-state index in [-0.39, 0.29) is 6.61 Å². The molecule has 0 radical (unpaired) electrons. The van der Waals surface area contributed by atoms with Crippen LogP contribution in [0, 0.1) is 11.3 Å². The molecule has 1 rings (SSSR count). The van der Waals surface area contributed by atoms with Crippen LogP contribution in [0.2, 0.25) is 0 Å². The first kappa shape index (κ1) is 16.9. The van der Waals surface area contributed by atoms with Crippen LogP contribution in [-0.4, -0.2) is 44.2 Å². The molecule has 0 aliphatic heterocycles. The number of rotatable bonds is 9. The van der Waals surface area contributed by atoms with Crippen molar-refractivity contribution in [2.45, 2.75) is 13.0 Å². The molecule has 0 aliphatic rings. The van der Waals surface area contributed by atoms with E-state index in [2.05, 4.69) is 27.3 Å². The number of nitrogens with zero attached hydrogens (tertiary/aromatic N) is 1. The molecule has 0 fully saturated rings. The van der Waals surface area contributed by atoms with Crippen LogP contribution in [0.3, 0.4) is 0 Å². The Hall–Kier alpha value is -1.13. The lowest BCUT2D eigenvalue weighted by Gasteiger charge is -2.14. The van der Waals surface area contributed by atoms with Gasteiger partial charge in [0.05, 0.1) is 37.6 Å². The highest BCUT2D eigenvalue weighted by Crippen LogP contribution is 2.23. The van der Waals surface area contributed by atoms with Crippen molar-refractivity contribution in [1.82, 2.24) is 0 Å². The monoisotopic (exact) mass is 342 g/mol. The third kappa shape index (κ3) is 6.35. The summed E-state index contributed by atoms with van der Waals surface area (Å²) < 4.78 is 11.2. The summed E-state index contributed by atoms with van der Waals surface area (Å²) in [4.78, 5) is 0. The van der Waals surface area contributed by atoms with Crippen LogP contribution < -0.4 is 5.32 Å². The summed E-state index contributed by atoms with van der Waals surface area (Å²) in [5.74, 6) is 0. The predicted molar refractivity (Wildman–Crippen MR) is 80.7 cm³/mol. The minimum absolute atomic E-state index is 0.258. The molecule has 0 bridgehead atoms. The van der Waals surface area contributed by atoms with Crippen molar-refractivity contribution in [1.29, 1.82) is 5.26 Å². The molecule has 110 valence electrons. The van der Waals surface area contributed by atoms with E-state index in [0.717, 1.165) is 10.2 Å². The van der Waals surface area contributed by atoms with Gasteiger partial charge in [-0.2, -0.15) is 5.26 Å². The van der Waals surface area contributed by atoms with Gasteiger partial charge in [-0.3, -0.25) is 0 Å². The molecule has 1 aromatic carbocycles. The number of anilines is 1. The summed E-state index contributed by atoms with van der Waals surface area (Å²) in [7, 11) is 0. The van der Waals surface area contributed by atoms with E-state index in [0.29, 0.717) is 31.9 Å². The third-order valence-electron chi connectivity index (χ3n) is 2.51. The van der Waals surface area contributed by atoms with Crippen molar-refractivity contribution in [3.05, 3.63) is 28.2 Å². The average Bonchev–Trinajstić information content (AvgIpc) is 2.45. The molecule has 1 unspecified atom stereocenters. The van der Waals surface area contributed by atoms with E-state index >= 15 is 0 Å². The Morgan fingerprint density at radius 1 is 1.40 bits per heavy atom. The number of nitriles is 1. The molecular formula is C14H19BrN2O3. The summed E-state index contributed by atoms with van der Waals surface area (Å²) in [6.07, 6.45) is -0.598. The number of hydrogen-bond acceptors (Lipinski definition) is 5. The standard InChI is InChI=1S/C14H19BrN2O3/c1-2-19-5-6-20-10-12(18)9-17-14-4-3-11(8-16)7-13(14)15/h3-4,7,12,17-18H,2,5-6,9-10H2,1H3. The predicted octanol–water partition coefficient (Wildman–Crippen LogP) is 2.15. The summed E-state index contributed by atoms with van der Waals surface area (Å²) >= 11 is 3.38. The minimum Gasteiger partial charge on any atom is -0.389 e. The minimum atomic E-state index is -0.598. The fourth-order valence-corrected chi connectivity index (χ4v) is 2.02. The number of nitrogens with one attached hydrogen (secondary N) is 1. The second kappa shape index (κ2) is 9.72. The molecule has 0 spiro atoms. The van der Waals surface area contributed by atoms with Crippen LogP contribution in [0.1, 0.15) is 12.5 Å². The summed E-state index contributed by atoms with van der Waals surface area (Å²) in [6, 6.07) is 7.31. The van der Waals surface area contributed by atoms with Crippen LogP contribution in [0.15, 0.2) is 22.7 Å². The molecule has 0 aromatic heterocycles. The van der Waals surface area contributed by atoms with Crippen LogP contribution in [0.25, 0.3) is 0 Å². The first-order valence-electron chi connectivity index (χ1n) is 6.44. The van der Waals surface area contributed by atoms with Crippen molar-refractivity contribution in [2.24, 2.45) is 0 Å². The molecule has 2 N–H and O–H groups in total. The first-order valence-corrected chi connectivity index (χ1v) is 7.23. The summed E-state index contributed by atoms with van der Waals surface area (Å²) in [5, 5.41) is 21.6. The van der Waals surface area contributed by atoms with Crippen LogP contribution in [-0.2, 0) is 9.47 Å². The van der Waals surface area contributed by atoms with E-state index in [4.69, 9.17) is 14.7 Å². The van der Waals surface area contributed by atoms with E-state index in [1.54, 1.807) is 18.2 Å². The van der Waals surface area contributed by atoms with Crippen LogP contribution in [0.5, 0.6) is 0 Å². The Balaban J connectivity index is 2.27. The molecule has 20 heavy (non-hydrogen) atoms. The van der Waals surface area contributed by atoms with Crippen molar-refractivity contribution < 1.29 is 14.6 Å². The van der Waals surface area contributed by atoms with Gasteiger partial charge in [0.15, 0.2) is 0 Å². The zero-order valence-electron chi connectivity index (χ0n) is 11.4. The van der Waals surface area contributed by atoms with Gasteiger partial charge in [-0.15, -0.1) is 0 Å². The van der Waals surface area contributed by atoms with Gasteiger partial charge in [0.1, 0.15) is 0 Å². The van der Waals surface area contributed by atoms with Gasteiger partial charge < -0.3 is 19.9 Å². The van der Waals surface area contributed by atoms with Gasteiger partial charge in [0.25, 0.3) is 0 Å². The quantitative estimate of drug-likeness (QED) is 0.672. The van der Waals surface area contributed by atoms with Crippen LogP contribution in [0.4, 0.5) is 5.69 Å². The maximum Gasteiger partial charge on any atom is 0.0992 e. The normalized spacial score (nSPS) is 11.9. The molecule has 0 saturated carbocycles. The molecule has 1 atom stereocenters. The summed E-state index contributed by atoms with van der Waals surface area (Å²) in [5.41, 5.74) is 1.42. The Labute approximate surface area is 127 Å². The van der Waals surface area contributed by atoms with E-state index in [1.165, 1.54) is 0 Å². The Morgan fingerprint density at radius 2 is 2.15 bits per heavy atom. The zero-order valence-corrected chi connectivity index (χ0v) is 13.0. The SMILES string of the molecule is CCOCCOCC(O)CNc1ccc(C#N)cc1Br. The van der Waals surface area contributed by atoms with E-state index in [1.807, 2.05) is 6.92 Å². The lowest BCUT2D eigenvalue weighted by molar-refractivity contribution is 0.0103. The lowest BCUT2D eigenvalue weighted by atomic mass is 10.2. The maximum atomic E-state index is 9.76. The molecular weight excluding hydrogens is 324 g/mol. The fraction of sp³-hybridized carbons (Fsp3) is 0.500. The fourth-order valence-electron chi connectivity index (χ4n) is 1.50. The van der Waals surface area contributed by atoms with Gasteiger partial charge in [0, 0.05) is 23.3 Å². The van der Waals surface area contributed by atoms with Crippen molar-refractivity contribution in [3.8, 4) is 6.07 Å². The highest BCUT2D eigenvalue weighted by molar-refractivity contribution is 9.10. The second-order valence-electron chi connectivity index (χ2n) is 4.11. The Bertz CT molecular complexity index is 449. The molecule has 1 aromatic rings. The molecule has 5 nitrogen and oxygen atoms in total. The van der Waals surface area contributed by atoms with Crippen LogP contribution >= 0.6 is 15.9 Å². The maximum absolute atomic E-state index is 9.76. The first-order chi connectivity index (χ1) is 9.67. The topological polar surface area (TPSA) is 74.5 Å². The highest BCUT2D eigenvalue weighted by Gasteiger charge is 2.06. The Kier molecular flexibility index (Phi) is 8.23. The van der Waals surface area contributed by atoms with E-state index in [9.17, 15) is 5.11 Å². The van der Waals surface area contributed by atoms with Gasteiger partial charge >= 0.3 is 0 Å². The molecule has 0 saturated heterocycles. The van der Waals surface area contributed by atoms with Gasteiger partial charge in [-0.1, -0.05) is 0 Å². The molecule has 0 amide bonds. The number of aliphatic hydroxyl groups is 1. The molecule has 0 aliphatic carbocycles. The van der Waals surface area contributed by atoms with Crippen molar-refractivity contribution in [2.75, 3.05) is 38.3 Å². The number of benzene rings is 1. The van der Waals surface area contributed by atoms with Gasteiger partial charge in [-0.05, 0) is 41.1 Å². The third-order valence-corrected chi connectivity index (χ3v) is 3.17. The Morgan fingerprint density at radius 3 is 2.80 bits per heavy atom. The molecule has 0 heterocycles. The van der Waals surface area contributed by atoms with Crippen molar-refractivity contribution in [3.63, 3.8) is 0 Å². The lowest BCUT2D eigenvalue weighted by Crippen LogP contribution is -2.25. The number of hydrogen-bond donors (Lipinski definition) is 2. The van der Waals surface area contributed by atoms with Gasteiger partial charge in [0.2, 0.25) is 0 Å². The number of halogens is 1. The van der Waals surface area contributed by atoms with Gasteiger partial charge in [-0.25, -0.2) is 0 Å².